The van der Waals surface area contributed by atoms with E-state index in [4.69, 9.17) is 18.9 Å². The summed E-state index contributed by atoms with van der Waals surface area (Å²) in [6.45, 7) is 4.72. The van der Waals surface area contributed by atoms with E-state index in [9.17, 15) is 19.5 Å². The minimum absolute atomic E-state index is 0.150. The summed E-state index contributed by atoms with van der Waals surface area (Å²) in [5.41, 5.74) is 0. The number of carbonyl (C=O) groups is 3. The first kappa shape index (κ1) is 96.0. The maximum absolute atomic E-state index is 13.0. The molecule has 0 heterocycles. The van der Waals surface area contributed by atoms with Gasteiger partial charge in [-0.25, -0.2) is 0 Å². The Balaban J connectivity index is 3.92. The highest BCUT2D eigenvalue weighted by atomic mass is 16.7. The molecule has 9 heteroatoms. The molecule has 99 heavy (non-hydrogen) atoms. The van der Waals surface area contributed by atoms with Gasteiger partial charge in [0.2, 0.25) is 0 Å². The van der Waals surface area contributed by atoms with E-state index in [1.54, 1.807) is 0 Å². The summed E-state index contributed by atoms with van der Waals surface area (Å²) >= 11 is 0. The van der Waals surface area contributed by atoms with Crippen LogP contribution in [0.4, 0.5) is 0 Å². The highest BCUT2D eigenvalue weighted by Gasteiger charge is 2.22. The molecule has 0 aromatic heterocycles. The number of hydrogen-bond donors (Lipinski definition) is 0. The summed E-state index contributed by atoms with van der Waals surface area (Å²) in [7, 11) is 5.96. The molecule has 0 fully saturated rings. The number of rotatable bonds is 82. The molecular formula is C90H167NO8. The van der Waals surface area contributed by atoms with Gasteiger partial charge in [0.05, 0.1) is 40.3 Å². The fourth-order valence-electron chi connectivity index (χ4n) is 13.2. The number of ether oxygens (including phenoxy) is 4. The lowest BCUT2D eigenvalue weighted by atomic mass is 10.0. The van der Waals surface area contributed by atoms with Crippen molar-refractivity contribution in [2.45, 2.75) is 450 Å². The smallest absolute Gasteiger partial charge is 0.306 e. The molecule has 0 N–H and O–H groups in total. The van der Waals surface area contributed by atoms with Crippen LogP contribution in [0.3, 0.4) is 0 Å². The van der Waals surface area contributed by atoms with E-state index in [1.807, 2.05) is 21.1 Å². The summed E-state index contributed by atoms with van der Waals surface area (Å²) in [5.74, 6) is -2.25. The van der Waals surface area contributed by atoms with Crippen molar-refractivity contribution in [3.05, 3.63) is 60.8 Å². The Morgan fingerprint density at radius 1 is 0.313 bits per heavy atom. The predicted molar refractivity (Wildman–Crippen MR) is 426 cm³/mol. The first-order chi connectivity index (χ1) is 48.6. The van der Waals surface area contributed by atoms with Crippen molar-refractivity contribution >= 4 is 17.9 Å². The van der Waals surface area contributed by atoms with Crippen molar-refractivity contribution in [2.24, 2.45) is 0 Å². The Morgan fingerprint density at radius 3 is 0.859 bits per heavy atom. The summed E-state index contributed by atoms with van der Waals surface area (Å²) < 4.78 is 22.9. The number of unbranched alkanes of at least 4 members (excludes halogenated alkanes) is 57. The highest BCUT2D eigenvalue weighted by Crippen LogP contribution is 2.21. The summed E-state index contributed by atoms with van der Waals surface area (Å²) in [6.07, 6.45) is 105. The van der Waals surface area contributed by atoms with E-state index >= 15 is 0 Å². The van der Waals surface area contributed by atoms with Crippen molar-refractivity contribution < 1.29 is 42.9 Å². The number of allylic oxidation sites excluding steroid dienone is 10. The normalized spacial score (nSPS) is 12.9. The fraction of sp³-hybridized carbons (Fsp3) is 0.856. The van der Waals surface area contributed by atoms with Crippen LogP contribution >= 0.6 is 0 Å². The minimum Gasteiger partial charge on any atom is -0.545 e. The van der Waals surface area contributed by atoms with Crippen LogP contribution in [0.25, 0.3) is 0 Å². The van der Waals surface area contributed by atoms with Gasteiger partial charge in [0.25, 0.3) is 0 Å². The number of nitrogens with zero attached hydrogens (tertiary/aromatic N) is 1. The number of quaternary nitrogens is 1. The van der Waals surface area contributed by atoms with Crippen molar-refractivity contribution in [2.75, 3.05) is 47.5 Å². The molecule has 0 amide bonds. The molecule has 0 bridgehead atoms. The lowest BCUT2D eigenvalue weighted by molar-refractivity contribution is -0.870. The predicted octanol–water partition coefficient (Wildman–Crippen LogP) is 26.8. The third kappa shape index (κ3) is 82.2. The largest absolute Gasteiger partial charge is 0.545 e. The zero-order valence-corrected chi connectivity index (χ0v) is 66.6. The Labute approximate surface area is 615 Å². The molecule has 0 aliphatic heterocycles. The molecule has 580 valence electrons. The summed E-state index contributed by atoms with van der Waals surface area (Å²) in [5, 5.41) is 11.9. The molecule has 9 nitrogen and oxygen atoms in total. The number of esters is 2. The van der Waals surface area contributed by atoms with E-state index in [0.29, 0.717) is 17.4 Å². The number of aliphatic carboxylic acids is 1. The third-order valence-electron chi connectivity index (χ3n) is 19.8. The van der Waals surface area contributed by atoms with Gasteiger partial charge in [-0.15, -0.1) is 0 Å². The molecule has 0 radical (unpaired) electrons. The fourth-order valence-corrected chi connectivity index (χ4v) is 13.2. The van der Waals surface area contributed by atoms with Crippen LogP contribution in [0, 0.1) is 0 Å². The summed E-state index contributed by atoms with van der Waals surface area (Å²) in [4.78, 5) is 37.7. The number of likely N-dealkylation sites (N-methyl/N-ethyl adjacent to an activating group) is 1. The van der Waals surface area contributed by atoms with Crippen LogP contribution in [-0.2, 0) is 33.3 Å². The SMILES string of the molecule is CC/C=C\C/C=C\C/C=C\C/C=C\C/C=C\CCCCCCCCCCCCCCCCCCCCCCCC(=O)OC(COC(=O)CCCCCCCCCCCCCCCCCCCCCCCCCCCCCCCCCCCCCCC)COC(OCC[N+](C)(C)C)C(=O)[O-]. The van der Waals surface area contributed by atoms with Gasteiger partial charge in [-0.05, 0) is 57.8 Å². The van der Waals surface area contributed by atoms with Crippen molar-refractivity contribution in [3.63, 3.8) is 0 Å². The monoisotopic (exact) mass is 1390 g/mol. The molecule has 2 unspecified atom stereocenters. The Morgan fingerprint density at radius 2 is 0.576 bits per heavy atom. The first-order valence-corrected chi connectivity index (χ1v) is 43.4. The van der Waals surface area contributed by atoms with Crippen LogP contribution < -0.4 is 5.11 Å². The third-order valence-corrected chi connectivity index (χ3v) is 19.8. The van der Waals surface area contributed by atoms with Gasteiger partial charge in [-0.1, -0.05) is 428 Å². The van der Waals surface area contributed by atoms with Gasteiger partial charge >= 0.3 is 11.9 Å². The van der Waals surface area contributed by atoms with Crippen LogP contribution in [0.1, 0.15) is 438 Å². The number of carboxylic acid groups (broad SMARTS) is 1. The maximum Gasteiger partial charge on any atom is 0.306 e. The highest BCUT2D eigenvalue weighted by molar-refractivity contribution is 5.70. The van der Waals surface area contributed by atoms with E-state index in [2.05, 4.69) is 74.6 Å². The zero-order chi connectivity index (χ0) is 71.8. The van der Waals surface area contributed by atoms with Gasteiger partial charge in [-0.3, -0.25) is 9.59 Å². The van der Waals surface area contributed by atoms with E-state index in [1.165, 1.54) is 340 Å². The molecule has 0 aromatic rings. The van der Waals surface area contributed by atoms with Gasteiger partial charge in [-0.2, -0.15) is 0 Å². The van der Waals surface area contributed by atoms with Gasteiger partial charge in [0, 0.05) is 12.8 Å². The van der Waals surface area contributed by atoms with Gasteiger partial charge < -0.3 is 33.3 Å². The lowest BCUT2D eigenvalue weighted by Gasteiger charge is -2.26. The standard InChI is InChI=1S/C90H167NO8/c1-6-8-10-12-14-16-18-20-22-24-26-28-30-32-34-36-38-40-42-44-46-48-50-52-54-56-58-60-62-64-66-68-70-72-74-76-78-80-87(92)97-84-86(85-98-90(89(94)95)96-83-82-91(3,4)5)99-88(93)81-79-77-75-73-71-69-67-65-63-61-59-57-55-53-51-49-47-45-43-41-39-37-35-33-31-29-27-25-23-21-19-17-15-13-11-9-7-2/h9,11,15,17,21,23,27,29,33,35,86,90H,6-8,10,12-14,16,18-20,22,24-26,28,30-32,34,36-85H2,1-5H3/b11-9-,17-15-,23-21-,29-27-,35-33-. The Kier molecular flexibility index (Phi) is 78.2. The lowest BCUT2D eigenvalue weighted by Crippen LogP contribution is -2.44. The quantitative estimate of drug-likeness (QED) is 0.0195. The number of carboxylic acids is 1. The van der Waals surface area contributed by atoms with Crippen LogP contribution in [-0.4, -0.2) is 82.3 Å². The maximum atomic E-state index is 13.0. The van der Waals surface area contributed by atoms with Crippen LogP contribution in [0.5, 0.6) is 0 Å². The molecule has 0 saturated heterocycles. The second-order valence-corrected chi connectivity index (χ2v) is 30.8. The molecule has 0 aliphatic rings. The zero-order valence-electron chi connectivity index (χ0n) is 66.6. The molecule has 2 atom stereocenters. The molecule has 0 aromatic carbocycles. The van der Waals surface area contributed by atoms with E-state index < -0.39 is 24.3 Å². The van der Waals surface area contributed by atoms with Crippen LogP contribution in [0.2, 0.25) is 0 Å². The topological polar surface area (TPSA) is 111 Å². The second kappa shape index (κ2) is 80.7. The molecule has 0 saturated carbocycles. The number of carbonyl (C=O) groups excluding carboxylic acids is 3. The molecule has 0 rings (SSSR count). The number of hydrogen-bond acceptors (Lipinski definition) is 8. The van der Waals surface area contributed by atoms with E-state index in [-0.39, 0.29) is 32.2 Å². The average Bonchev–Trinajstić information content (AvgIpc) is 2.19. The van der Waals surface area contributed by atoms with E-state index in [0.717, 1.165) is 70.6 Å². The van der Waals surface area contributed by atoms with Crippen molar-refractivity contribution in [1.29, 1.82) is 0 Å². The minimum atomic E-state index is -1.62. The van der Waals surface area contributed by atoms with Crippen molar-refractivity contribution in [1.82, 2.24) is 0 Å². The second-order valence-electron chi connectivity index (χ2n) is 30.8. The van der Waals surface area contributed by atoms with Crippen LogP contribution in [0.15, 0.2) is 60.8 Å². The van der Waals surface area contributed by atoms with Crippen molar-refractivity contribution in [3.8, 4) is 0 Å². The Hall–Kier alpha value is -3.01. The van der Waals surface area contributed by atoms with Gasteiger partial charge in [0.15, 0.2) is 12.4 Å². The molecule has 0 spiro atoms. The first-order valence-electron chi connectivity index (χ1n) is 43.4. The van der Waals surface area contributed by atoms with Gasteiger partial charge in [0.1, 0.15) is 13.2 Å². The Bertz CT molecular complexity index is 1820. The summed E-state index contributed by atoms with van der Waals surface area (Å²) in [6, 6.07) is 0. The molecular weight excluding hydrogens is 1220 g/mol. The average molecular weight is 1390 g/mol. The molecule has 0 aliphatic carbocycles.